The number of amides is 4. The summed E-state index contributed by atoms with van der Waals surface area (Å²) in [6, 6.07) is 5.08. The topological polar surface area (TPSA) is 159 Å². The maximum Gasteiger partial charge on any atom is 0.251 e. The molecule has 1 aromatic rings. The van der Waals surface area contributed by atoms with Crippen molar-refractivity contribution in [2.45, 2.75) is 90.6 Å². The number of carbonyl (C=O) groups is 4. The van der Waals surface area contributed by atoms with Crippen LogP contribution in [0.15, 0.2) is 24.3 Å². The molecule has 3 rings (SSSR count). The number of likely N-dealkylation sites (tertiary alicyclic amines) is 1. The third-order valence-electron chi connectivity index (χ3n) is 10.6. The van der Waals surface area contributed by atoms with Crippen LogP contribution in [0, 0.1) is 17.8 Å². The zero-order valence-corrected chi connectivity index (χ0v) is 31.6. The highest BCUT2D eigenvalue weighted by molar-refractivity contribution is 5.98. The van der Waals surface area contributed by atoms with E-state index >= 15 is 0 Å². The second kappa shape index (κ2) is 20.0. The fourth-order valence-corrected chi connectivity index (χ4v) is 7.33. The van der Waals surface area contributed by atoms with Crippen LogP contribution in [0.5, 0.6) is 0 Å². The van der Waals surface area contributed by atoms with Gasteiger partial charge in [0.15, 0.2) is 0 Å². The lowest BCUT2D eigenvalue weighted by molar-refractivity contribution is -0.146. The number of nitrogens with zero attached hydrogens (tertiary/aromatic N) is 3. The molecular weight excluding hydrogens is 638 g/mol. The summed E-state index contributed by atoms with van der Waals surface area (Å²) in [5.74, 6) is -1.44. The van der Waals surface area contributed by atoms with E-state index in [1.807, 2.05) is 39.5 Å². The minimum atomic E-state index is -0.792. The van der Waals surface area contributed by atoms with Crippen LogP contribution in [0.2, 0.25) is 0 Å². The largest absolute Gasteiger partial charge is 0.399 e. The lowest BCUT2D eigenvalue weighted by Crippen LogP contribution is -2.57. The molecule has 0 bridgehead atoms. The molecule has 282 valence electrons. The first kappa shape index (κ1) is 41.2. The summed E-state index contributed by atoms with van der Waals surface area (Å²) in [5, 5.41) is 9.34. The van der Waals surface area contributed by atoms with Gasteiger partial charge in [0, 0.05) is 78.3 Å². The number of ether oxygens (including phenoxy) is 2. The van der Waals surface area contributed by atoms with Gasteiger partial charge in [0.25, 0.3) is 5.91 Å². The van der Waals surface area contributed by atoms with Crippen LogP contribution < -0.4 is 21.7 Å². The van der Waals surface area contributed by atoms with E-state index in [9.17, 15) is 19.2 Å². The minimum absolute atomic E-state index is 0.00618. The summed E-state index contributed by atoms with van der Waals surface area (Å²) in [6.07, 6.45) is 1.29. The van der Waals surface area contributed by atoms with Gasteiger partial charge in [0.2, 0.25) is 17.7 Å². The van der Waals surface area contributed by atoms with E-state index in [1.165, 1.54) is 0 Å². The number of anilines is 1. The Balaban J connectivity index is 1.70. The van der Waals surface area contributed by atoms with E-state index in [0.29, 0.717) is 24.3 Å². The summed E-state index contributed by atoms with van der Waals surface area (Å²) >= 11 is 0. The second-order valence-electron chi connectivity index (χ2n) is 14.3. The Kier molecular flexibility index (Phi) is 16.4. The van der Waals surface area contributed by atoms with Crippen molar-refractivity contribution in [2.75, 3.05) is 72.8 Å². The van der Waals surface area contributed by atoms with E-state index in [4.69, 9.17) is 15.2 Å². The van der Waals surface area contributed by atoms with Gasteiger partial charge in [-0.3, -0.25) is 24.1 Å². The van der Waals surface area contributed by atoms with Crippen molar-refractivity contribution in [3.63, 3.8) is 0 Å². The zero-order chi connectivity index (χ0) is 37.0. The number of nitrogens with two attached hydrogens (primary N) is 1. The molecule has 2 fully saturated rings. The van der Waals surface area contributed by atoms with Gasteiger partial charge in [-0.15, -0.1) is 0 Å². The molecule has 13 heteroatoms. The molecule has 2 saturated heterocycles. The number of nitrogens with one attached hydrogen (secondary N) is 3. The van der Waals surface area contributed by atoms with Gasteiger partial charge in [0.1, 0.15) is 6.04 Å². The van der Waals surface area contributed by atoms with Crippen molar-refractivity contribution < 1.29 is 28.7 Å². The van der Waals surface area contributed by atoms with Crippen LogP contribution in [0.4, 0.5) is 5.69 Å². The fraction of sp³-hybridized carbons (Fsp3) is 0.730. The first-order chi connectivity index (χ1) is 23.8. The first-order valence-corrected chi connectivity index (χ1v) is 18.3. The number of methoxy groups -OCH3 is 2. The van der Waals surface area contributed by atoms with Crippen molar-refractivity contribution in [1.82, 2.24) is 30.7 Å². The molecule has 0 aromatic heterocycles. The maximum absolute atomic E-state index is 14.1. The van der Waals surface area contributed by atoms with Gasteiger partial charge >= 0.3 is 0 Å². The highest BCUT2D eigenvalue weighted by Crippen LogP contribution is 2.29. The molecule has 5 N–H and O–H groups in total. The van der Waals surface area contributed by atoms with E-state index < -0.39 is 30.2 Å². The number of nitrogen functional groups attached to an aromatic ring is 1. The molecule has 2 aliphatic rings. The first-order valence-electron chi connectivity index (χ1n) is 18.3. The number of hydrogen-bond donors (Lipinski definition) is 4. The standard InChI is InChI=1S/C37H63N7O6/c1-9-25(4)33(42(6)37(48)32(24(2)3)41-36(47)27-12-14-28(38)15-13-27)30(49-7)23-31(45)44-19-10-11-29(44)34(50-8)26(5)35(46)40-18-22-43-20-16-39-17-21-43/h12-15,24-26,29-30,32-34,39H,9-11,16-23,38H2,1-8H3,(H,40,46)(H,41,47)/t25-,26+,29-,30-,32-,33-,34+/m0/s1. The van der Waals surface area contributed by atoms with Crippen molar-refractivity contribution in [1.29, 1.82) is 0 Å². The third kappa shape index (κ3) is 10.9. The predicted molar refractivity (Wildman–Crippen MR) is 195 cm³/mol. The molecule has 13 nitrogen and oxygen atoms in total. The zero-order valence-electron chi connectivity index (χ0n) is 31.6. The summed E-state index contributed by atoms with van der Waals surface area (Å²) < 4.78 is 11.9. The quantitative estimate of drug-likeness (QED) is 0.168. The normalized spacial score (nSPS) is 20.4. The molecular formula is C37H63N7O6. The van der Waals surface area contributed by atoms with Crippen LogP contribution >= 0.6 is 0 Å². The van der Waals surface area contributed by atoms with Crippen LogP contribution in [0.3, 0.4) is 0 Å². The Morgan fingerprint density at radius 3 is 2.26 bits per heavy atom. The van der Waals surface area contributed by atoms with E-state index in [0.717, 1.165) is 52.0 Å². The Morgan fingerprint density at radius 2 is 1.68 bits per heavy atom. The SMILES string of the molecule is CC[C@H](C)[C@@H]([C@H](CC(=O)N1CCC[C@H]1[C@H](OC)[C@@H](C)C(=O)NCCN1CCNCC1)OC)N(C)C(=O)[C@@H](NC(=O)c1ccc(N)cc1)C(C)C. The van der Waals surface area contributed by atoms with Crippen LogP contribution in [-0.2, 0) is 23.9 Å². The van der Waals surface area contributed by atoms with Crippen molar-refractivity contribution in [3.05, 3.63) is 29.8 Å². The maximum atomic E-state index is 14.1. The van der Waals surface area contributed by atoms with Crippen molar-refractivity contribution >= 4 is 29.3 Å². The predicted octanol–water partition coefficient (Wildman–Crippen LogP) is 1.96. The lowest BCUT2D eigenvalue weighted by Gasteiger charge is -2.40. The summed E-state index contributed by atoms with van der Waals surface area (Å²) in [6.45, 7) is 15.5. The molecule has 2 aliphatic heterocycles. The monoisotopic (exact) mass is 701 g/mol. The molecule has 0 unspecified atom stereocenters. The Morgan fingerprint density at radius 1 is 1.02 bits per heavy atom. The van der Waals surface area contributed by atoms with E-state index in [1.54, 1.807) is 50.4 Å². The van der Waals surface area contributed by atoms with Gasteiger partial charge in [-0.1, -0.05) is 41.0 Å². The summed E-state index contributed by atoms with van der Waals surface area (Å²) in [7, 11) is 4.90. The summed E-state index contributed by atoms with van der Waals surface area (Å²) in [4.78, 5) is 60.3. The molecule has 0 saturated carbocycles. The van der Waals surface area contributed by atoms with E-state index in [2.05, 4.69) is 20.9 Å². The minimum Gasteiger partial charge on any atom is -0.399 e. The van der Waals surface area contributed by atoms with Gasteiger partial charge in [-0.2, -0.15) is 0 Å². The number of piperazine rings is 1. The molecule has 0 spiro atoms. The Bertz CT molecular complexity index is 1240. The Hall–Kier alpha value is -3.26. The molecule has 1 aromatic carbocycles. The number of hydrogen-bond acceptors (Lipinski definition) is 9. The smallest absolute Gasteiger partial charge is 0.251 e. The van der Waals surface area contributed by atoms with Gasteiger partial charge in [0.05, 0.1) is 36.6 Å². The number of carbonyl (C=O) groups excluding carboxylic acids is 4. The number of rotatable bonds is 18. The number of benzene rings is 1. The molecule has 0 radical (unpaired) electrons. The fourth-order valence-electron chi connectivity index (χ4n) is 7.33. The summed E-state index contributed by atoms with van der Waals surface area (Å²) in [5.41, 5.74) is 6.75. The number of likely N-dealkylation sites (N-methyl/N-ethyl adjacent to an activating group) is 1. The average Bonchev–Trinajstić information content (AvgIpc) is 3.60. The van der Waals surface area contributed by atoms with Gasteiger partial charge in [-0.25, -0.2) is 0 Å². The molecule has 2 heterocycles. The van der Waals surface area contributed by atoms with Crippen molar-refractivity contribution in [3.8, 4) is 0 Å². The molecule has 0 aliphatic carbocycles. The average molecular weight is 702 g/mol. The van der Waals surface area contributed by atoms with Crippen molar-refractivity contribution in [2.24, 2.45) is 17.8 Å². The third-order valence-corrected chi connectivity index (χ3v) is 10.6. The van der Waals surface area contributed by atoms with Gasteiger partial charge in [-0.05, 0) is 48.9 Å². The highest BCUT2D eigenvalue weighted by atomic mass is 16.5. The lowest BCUT2D eigenvalue weighted by atomic mass is 9.89. The van der Waals surface area contributed by atoms with Crippen LogP contribution in [0.25, 0.3) is 0 Å². The van der Waals surface area contributed by atoms with Gasteiger partial charge < -0.3 is 41.0 Å². The molecule has 50 heavy (non-hydrogen) atoms. The molecule has 4 amide bonds. The van der Waals surface area contributed by atoms with Crippen LogP contribution in [0.1, 0.15) is 70.7 Å². The Labute approximate surface area is 299 Å². The molecule has 7 atom stereocenters. The second-order valence-corrected chi connectivity index (χ2v) is 14.3. The highest BCUT2D eigenvalue weighted by Gasteiger charge is 2.42. The van der Waals surface area contributed by atoms with E-state index in [-0.39, 0.29) is 47.9 Å². The van der Waals surface area contributed by atoms with Crippen LogP contribution in [-0.4, -0.2) is 136 Å².